The first-order valence-corrected chi connectivity index (χ1v) is 16.8. The van der Waals surface area contributed by atoms with Crippen molar-refractivity contribution in [1.29, 1.82) is 0 Å². The topological polar surface area (TPSA) is 86.8 Å². The first-order valence-electron chi connectivity index (χ1n) is 14.6. The largest absolute Gasteiger partial charge is 0.352 e. The van der Waals surface area contributed by atoms with Gasteiger partial charge in [-0.15, -0.1) is 0 Å². The van der Waals surface area contributed by atoms with Crippen LogP contribution in [0.2, 0.25) is 10.0 Å². The molecule has 0 aliphatic carbocycles. The molecule has 0 aromatic heterocycles. The molecule has 236 valence electrons. The number of halogens is 2. The lowest BCUT2D eigenvalue weighted by Gasteiger charge is -2.34. The second-order valence-corrected chi connectivity index (χ2v) is 14.0. The van der Waals surface area contributed by atoms with Crippen LogP contribution in [0, 0.1) is 13.8 Å². The highest BCUT2D eigenvalue weighted by Gasteiger charge is 2.35. The minimum atomic E-state index is -4.18. The van der Waals surface area contributed by atoms with Crippen LogP contribution < -0.4 is 9.62 Å². The van der Waals surface area contributed by atoms with Gasteiger partial charge in [0, 0.05) is 29.1 Å². The summed E-state index contributed by atoms with van der Waals surface area (Å²) in [6.45, 7) is 6.84. The van der Waals surface area contributed by atoms with E-state index in [2.05, 4.69) is 5.32 Å². The zero-order valence-corrected chi connectivity index (χ0v) is 28.0. The summed E-state index contributed by atoms with van der Waals surface area (Å²) in [5.41, 5.74) is 3.56. The summed E-state index contributed by atoms with van der Waals surface area (Å²) in [5, 5.41) is 3.69. The van der Waals surface area contributed by atoms with E-state index in [0.29, 0.717) is 21.3 Å². The van der Waals surface area contributed by atoms with E-state index in [0.717, 1.165) is 21.0 Å². The van der Waals surface area contributed by atoms with Gasteiger partial charge in [-0.05, 0) is 75.2 Å². The highest BCUT2D eigenvalue weighted by Crippen LogP contribution is 2.27. The molecule has 4 aromatic rings. The number of aryl methyl sites for hydroxylation is 2. The Kier molecular flexibility index (Phi) is 11.3. The molecule has 0 heterocycles. The molecule has 2 amide bonds. The van der Waals surface area contributed by atoms with Gasteiger partial charge in [0.2, 0.25) is 11.8 Å². The lowest BCUT2D eigenvalue weighted by Crippen LogP contribution is -2.54. The van der Waals surface area contributed by atoms with Crippen molar-refractivity contribution in [1.82, 2.24) is 10.2 Å². The number of nitrogens with zero attached hydrogens (tertiary/aromatic N) is 2. The molecule has 0 fully saturated rings. The number of carbonyl (C=O) groups is 2. The summed E-state index contributed by atoms with van der Waals surface area (Å²) in [6, 6.07) is 26.5. The lowest BCUT2D eigenvalue weighted by atomic mass is 10.0. The number of carbonyl (C=O) groups excluding carboxylic acids is 2. The van der Waals surface area contributed by atoms with Crippen molar-refractivity contribution < 1.29 is 18.0 Å². The third-order valence-corrected chi connectivity index (χ3v) is 9.64. The van der Waals surface area contributed by atoms with Crippen LogP contribution in [0.1, 0.15) is 36.1 Å². The molecular formula is C35H37Cl2N3O4S. The smallest absolute Gasteiger partial charge is 0.264 e. The van der Waals surface area contributed by atoms with Crippen LogP contribution in [0.4, 0.5) is 5.69 Å². The van der Waals surface area contributed by atoms with Crippen molar-refractivity contribution in [2.45, 2.75) is 57.6 Å². The van der Waals surface area contributed by atoms with E-state index in [-0.39, 0.29) is 29.8 Å². The van der Waals surface area contributed by atoms with E-state index in [9.17, 15) is 18.0 Å². The van der Waals surface area contributed by atoms with Gasteiger partial charge in [0.1, 0.15) is 12.6 Å². The molecule has 4 rings (SSSR count). The highest BCUT2D eigenvalue weighted by molar-refractivity contribution is 7.92. The Labute approximate surface area is 275 Å². The molecule has 0 bridgehead atoms. The molecular weight excluding hydrogens is 629 g/mol. The van der Waals surface area contributed by atoms with Gasteiger partial charge in [-0.3, -0.25) is 13.9 Å². The van der Waals surface area contributed by atoms with Crippen LogP contribution in [0.5, 0.6) is 0 Å². The molecule has 10 heteroatoms. The fourth-order valence-electron chi connectivity index (χ4n) is 4.85. The summed E-state index contributed by atoms with van der Waals surface area (Å²) < 4.78 is 29.3. The van der Waals surface area contributed by atoms with Crippen LogP contribution in [-0.2, 0) is 32.6 Å². The quantitative estimate of drug-likeness (QED) is 0.177. The minimum absolute atomic E-state index is 0.0483. The van der Waals surface area contributed by atoms with Crippen LogP contribution in [0.25, 0.3) is 0 Å². The Balaban J connectivity index is 1.82. The van der Waals surface area contributed by atoms with Gasteiger partial charge in [0.15, 0.2) is 0 Å². The molecule has 0 saturated carbocycles. The number of amides is 2. The summed E-state index contributed by atoms with van der Waals surface area (Å²) in [6.07, 6.45) is 0.200. The van der Waals surface area contributed by atoms with Gasteiger partial charge in [-0.25, -0.2) is 8.42 Å². The Bertz CT molecular complexity index is 1730. The standard InChI is InChI=1S/C35H37Cl2N3O4S/c1-24(2)38-35(42)33(20-27-8-6-5-7-9-27)39(22-28-14-15-29(36)21-32(28)37)34(41)23-40(30-16-10-25(3)11-17-30)45(43,44)31-18-12-26(4)13-19-31/h5-19,21,24,33H,20,22-23H2,1-4H3,(H,38,42). The van der Waals surface area contributed by atoms with E-state index in [1.165, 1.54) is 17.0 Å². The Morgan fingerprint density at radius 3 is 2.00 bits per heavy atom. The van der Waals surface area contributed by atoms with Crippen molar-refractivity contribution in [2.75, 3.05) is 10.8 Å². The molecule has 1 unspecified atom stereocenters. The van der Waals surface area contributed by atoms with Crippen molar-refractivity contribution in [3.05, 3.63) is 129 Å². The van der Waals surface area contributed by atoms with E-state index >= 15 is 0 Å². The predicted molar refractivity (Wildman–Crippen MR) is 181 cm³/mol. The Morgan fingerprint density at radius 2 is 1.42 bits per heavy atom. The minimum Gasteiger partial charge on any atom is -0.352 e. The number of sulfonamides is 1. The zero-order chi connectivity index (χ0) is 32.7. The third kappa shape index (κ3) is 8.87. The molecule has 0 aliphatic rings. The fraction of sp³-hybridized carbons (Fsp3) is 0.257. The maximum absolute atomic E-state index is 14.5. The molecule has 0 saturated heterocycles. The molecule has 0 radical (unpaired) electrons. The van der Waals surface area contributed by atoms with Crippen LogP contribution in [0.15, 0.2) is 102 Å². The molecule has 0 spiro atoms. The van der Waals surface area contributed by atoms with E-state index in [1.807, 2.05) is 58.0 Å². The maximum Gasteiger partial charge on any atom is 0.264 e. The summed E-state index contributed by atoms with van der Waals surface area (Å²) in [4.78, 5) is 29.7. The van der Waals surface area contributed by atoms with Crippen LogP contribution >= 0.6 is 23.2 Å². The molecule has 1 atom stereocenters. The van der Waals surface area contributed by atoms with Gasteiger partial charge < -0.3 is 10.2 Å². The van der Waals surface area contributed by atoms with Crippen LogP contribution in [0.3, 0.4) is 0 Å². The fourth-order valence-corrected chi connectivity index (χ4v) is 6.73. The first-order chi connectivity index (χ1) is 21.3. The molecule has 0 aliphatic heterocycles. The van der Waals surface area contributed by atoms with Gasteiger partial charge in [0.05, 0.1) is 10.6 Å². The Morgan fingerprint density at radius 1 is 0.822 bits per heavy atom. The molecule has 45 heavy (non-hydrogen) atoms. The second kappa shape index (κ2) is 15.0. The van der Waals surface area contributed by atoms with Gasteiger partial charge in [-0.1, -0.05) is 95.0 Å². The van der Waals surface area contributed by atoms with Crippen molar-refractivity contribution >= 4 is 50.7 Å². The maximum atomic E-state index is 14.5. The van der Waals surface area contributed by atoms with E-state index < -0.39 is 28.5 Å². The van der Waals surface area contributed by atoms with Gasteiger partial charge >= 0.3 is 0 Å². The van der Waals surface area contributed by atoms with E-state index in [1.54, 1.807) is 54.6 Å². The number of benzene rings is 4. The first kappa shape index (κ1) is 34.0. The zero-order valence-electron chi connectivity index (χ0n) is 25.7. The van der Waals surface area contributed by atoms with Crippen molar-refractivity contribution in [2.24, 2.45) is 0 Å². The summed E-state index contributed by atoms with van der Waals surface area (Å²) >= 11 is 12.7. The lowest BCUT2D eigenvalue weighted by molar-refractivity contribution is -0.140. The van der Waals surface area contributed by atoms with E-state index in [4.69, 9.17) is 23.2 Å². The average molecular weight is 667 g/mol. The predicted octanol–water partition coefficient (Wildman–Crippen LogP) is 6.97. The molecule has 1 N–H and O–H groups in total. The highest BCUT2D eigenvalue weighted by atomic mass is 35.5. The SMILES string of the molecule is Cc1ccc(N(CC(=O)N(Cc2ccc(Cl)cc2Cl)C(Cc2ccccc2)C(=O)NC(C)C)S(=O)(=O)c2ccc(C)cc2)cc1. The normalized spacial score (nSPS) is 12.1. The molecule has 4 aromatic carbocycles. The average Bonchev–Trinajstić information content (AvgIpc) is 2.99. The number of hydrogen-bond donors (Lipinski definition) is 1. The van der Waals surface area contributed by atoms with Gasteiger partial charge in [0.25, 0.3) is 10.0 Å². The van der Waals surface area contributed by atoms with Crippen LogP contribution in [-0.4, -0.2) is 43.8 Å². The number of hydrogen-bond acceptors (Lipinski definition) is 4. The Hall–Kier alpha value is -3.85. The third-order valence-electron chi connectivity index (χ3n) is 7.27. The number of nitrogens with one attached hydrogen (secondary N) is 1. The number of rotatable bonds is 12. The molecule has 7 nitrogen and oxygen atoms in total. The number of anilines is 1. The summed E-state index contributed by atoms with van der Waals surface area (Å²) in [5.74, 6) is -0.937. The van der Waals surface area contributed by atoms with Crippen molar-refractivity contribution in [3.63, 3.8) is 0 Å². The van der Waals surface area contributed by atoms with Gasteiger partial charge in [-0.2, -0.15) is 0 Å². The second-order valence-electron chi connectivity index (χ2n) is 11.3. The summed E-state index contributed by atoms with van der Waals surface area (Å²) in [7, 11) is -4.18. The van der Waals surface area contributed by atoms with Crippen molar-refractivity contribution in [3.8, 4) is 0 Å². The monoisotopic (exact) mass is 665 g/mol.